The smallest absolute Gasteiger partial charge is 0.122 e. The first-order valence-corrected chi connectivity index (χ1v) is 7.42. The second-order valence-electron chi connectivity index (χ2n) is 4.00. The van der Waals surface area contributed by atoms with Crippen LogP contribution in [-0.4, -0.2) is 44.7 Å². The average Bonchev–Trinajstić information content (AvgIpc) is 2.62. The molecule has 0 aliphatic heterocycles. The highest BCUT2D eigenvalue weighted by atomic mass is 16.5. The van der Waals surface area contributed by atoms with Crippen molar-refractivity contribution in [2.24, 2.45) is 0 Å². The molecule has 0 aliphatic carbocycles. The fourth-order valence-electron chi connectivity index (χ4n) is 1.35. The third-order valence-electron chi connectivity index (χ3n) is 2.33. The van der Waals surface area contributed by atoms with E-state index in [1.54, 1.807) is 0 Å². The zero-order valence-electron chi connectivity index (χ0n) is 13.9. The fraction of sp³-hybridized carbons (Fsp3) is 0.333. The van der Waals surface area contributed by atoms with Crippen molar-refractivity contribution in [3.63, 3.8) is 0 Å². The Morgan fingerprint density at radius 2 is 1.04 bits per heavy atom. The molecular weight excluding hydrogens is 312 g/mol. The van der Waals surface area contributed by atoms with E-state index in [0.29, 0.717) is 33.0 Å². The van der Waals surface area contributed by atoms with Crippen molar-refractivity contribution >= 4 is 0 Å². The minimum atomic E-state index is 0.0615. The average molecular weight is 338 g/mol. The lowest BCUT2D eigenvalue weighted by atomic mass is 10.3. The Hall–Kier alpha value is -2.60. The van der Waals surface area contributed by atoms with Crippen molar-refractivity contribution in [2.45, 2.75) is 0 Å². The summed E-state index contributed by atoms with van der Waals surface area (Å²) >= 11 is 0. The van der Waals surface area contributed by atoms with Crippen LogP contribution in [-0.2, 0) is 14.2 Å². The van der Waals surface area contributed by atoms with Crippen molar-refractivity contribution < 1.29 is 28.8 Å². The van der Waals surface area contributed by atoms with E-state index in [1.807, 2.05) is 24.3 Å². The van der Waals surface area contributed by atoms with Gasteiger partial charge in [0.2, 0.25) is 0 Å². The number of aliphatic hydroxyl groups is 1. The summed E-state index contributed by atoms with van der Waals surface area (Å²) in [6.07, 6.45) is 4.09. The highest BCUT2D eigenvalue weighted by molar-refractivity contribution is 5.31. The largest absolute Gasteiger partial charge is 0.499 e. The second-order valence-corrected chi connectivity index (χ2v) is 4.00. The van der Waals surface area contributed by atoms with Crippen molar-refractivity contribution in [3.8, 4) is 11.5 Å². The van der Waals surface area contributed by atoms with Crippen molar-refractivity contribution in [2.75, 3.05) is 39.6 Å². The Morgan fingerprint density at radius 3 is 1.33 bits per heavy atom. The highest BCUT2D eigenvalue weighted by Crippen LogP contribution is 2.17. The van der Waals surface area contributed by atoms with Gasteiger partial charge in [-0.15, -0.1) is 0 Å². The van der Waals surface area contributed by atoms with Crippen LogP contribution in [0.5, 0.6) is 11.5 Å². The first kappa shape index (κ1) is 21.4. The van der Waals surface area contributed by atoms with Crippen LogP contribution in [0.15, 0.2) is 62.8 Å². The van der Waals surface area contributed by atoms with E-state index < -0.39 is 0 Å². The molecule has 1 aromatic rings. The summed E-state index contributed by atoms with van der Waals surface area (Å²) in [5.41, 5.74) is 0. The lowest BCUT2D eigenvalue weighted by molar-refractivity contribution is 0.166. The van der Waals surface area contributed by atoms with Crippen LogP contribution in [0.4, 0.5) is 0 Å². The van der Waals surface area contributed by atoms with Crippen molar-refractivity contribution in [3.05, 3.63) is 62.8 Å². The van der Waals surface area contributed by atoms with Gasteiger partial charge < -0.3 is 28.8 Å². The lowest BCUT2D eigenvalue weighted by Gasteiger charge is -2.08. The fourth-order valence-corrected chi connectivity index (χ4v) is 1.35. The van der Waals surface area contributed by atoms with Crippen LogP contribution in [0.2, 0.25) is 0 Å². The summed E-state index contributed by atoms with van der Waals surface area (Å²) in [6, 6.07) is 7.38. The molecule has 0 spiro atoms. The van der Waals surface area contributed by atoms with Gasteiger partial charge in [0, 0.05) is 0 Å². The Kier molecular flexibility index (Phi) is 14.9. The zero-order chi connectivity index (χ0) is 17.9. The van der Waals surface area contributed by atoms with Gasteiger partial charge in [0.15, 0.2) is 0 Å². The number of hydrogen-bond acceptors (Lipinski definition) is 6. The van der Waals surface area contributed by atoms with E-state index in [4.69, 9.17) is 24.1 Å². The molecule has 0 amide bonds. The maximum absolute atomic E-state index is 8.02. The number of hydrogen-bond donors (Lipinski definition) is 1. The van der Waals surface area contributed by atoms with Crippen molar-refractivity contribution in [1.29, 1.82) is 0 Å². The predicted molar refractivity (Wildman–Crippen MR) is 93.0 cm³/mol. The summed E-state index contributed by atoms with van der Waals surface area (Å²) in [7, 11) is 0. The van der Waals surface area contributed by atoms with Crippen LogP contribution in [0.1, 0.15) is 0 Å². The number of ether oxygens (including phenoxy) is 5. The van der Waals surface area contributed by atoms with Gasteiger partial charge in [-0.2, -0.15) is 0 Å². The van der Waals surface area contributed by atoms with E-state index in [1.165, 1.54) is 18.8 Å². The third-order valence-corrected chi connectivity index (χ3v) is 2.33. The molecular formula is C18H26O6. The third kappa shape index (κ3) is 13.1. The summed E-state index contributed by atoms with van der Waals surface area (Å²) in [6.45, 7) is 12.5. The molecule has 0 aliphatic rings. The van der Waals surface area contributed by atoms with Gasteiger partial charge in [-0.25, -0.2) is 0 Å². The Balaban J connectivity index is 0.000000754. The van der Waals surface area contributed by atoms with Crippen LogP contribution < -0.4 is 9.47 Å². The summed E-state index contributed by atoms with van der Waals surface area (Å²) in [5.74, 6) is 1.55. The van der Waals surface area contributed by atoms with E-state index in [9.17, 15) is 0 Å². The van der Waals surface area contributed by atoms with Gasteiger partial charge in [0.05, 0.1) is 25.4 Å². The van der Waals surface area contributed by atoms with E-state index in [0.717, 1.165) is 11.5 Å². The van der Waals surface area contributed by atoms with Crippen LogP contribution >= 0.6 is 0 Å². The zero-order valence-corrected chi connectivity index (χ0v) is 13.9. The van der Waals surface area contributed by atoms with E-state index >= 15 is 0 Å². The first-order chi connectivity index (χ1) is 11.8. The highest BCUT2D eigenvalue weighted by Gasteiger charge is 1.96. The molecule has 0 bridgehead atoms. The SMILES string of the molecule is C=COCCO.C=COCCOc1ccc(OCCOC=C)cc1. The number of benzene rings is 1. The predicted octanol–water partition coefficient (Wildman–Crippen LogP) is 2.90. The van der Waals surface area contributed by atoms with Gasteiger partial charge in [-0.3, -0.25) is 0 Å². The van der Waals surface area contributed by atoms with E-state index in [2.05, 4.69) is 24.5 Å². The topological polar surface area (TPSA) is 66.4 Å². The Bertz CT molecular complexity index is 395. The molecule has 0 radical (unpaired) electrons. The molecule has 0 atom stereocenters. The van der Waals surface area contributed by atoms with Gasteiger partial charge in [0.25, 0.3) is 0 Å². The molecule has 1 N–H and O–H groups in total. The molecule has 0 saturated heterocycles. The van der Waals surface area contributed by atoms with Crippen LogP contribution in [0.25, 0.3) is 0 Å². The second kappa shape index (κ2) is 16.8. The normalized spacial score (nSPS) is 8.88. The molecule has 0 aromatic heterocycles. The minimum Gasteiger partial charge on any atom is -0.499 e. The molecule has 134 valence electrons. The van der Waals surface area contributed by atoms with Gasteiger partial charge in [-0.1, -0.05) is 19.7 Å². The Labute approximate surface area is 143 Å². The molecule has 6 nitrogen and oxygen atoms in total. The van der Waals surface area contributed by atoms with Crippen LogP contribution in [0.3, 0.4) is 0 Å². The first-order valence-electron chi connectivity index (χ1n) is 7.42. The molecule has 0 unspecified atom stereocenters. The molecule has 24 heavy (non-hydrogen) atoms. The minimum absolute atomic E-state index is 0.0615. The van der Waals surface area contributed by atoms with Gasteiger partial charge in [0.1, 0.15) is 44.5 Å². The molecule has 0 fully saturated rings. The number of aliphatic hydroxyl groups excluding tert-OH is 1. The monoisotopic (exact) mass is 338 g/mol. The molecule has 0 heterocycles. The molecule has 0 saturated carbocycles. The molecule has 1 aromatic carbocycles. The molecule has 6 heteroatoms. The molecule has 1 rings (SSSR count). The summed E-state index contributed by atoms with van der Waals surface area (Å²) in [5, 5.41) is 8.02. The lowest BCUT2D eigenvalue weighted by Crippen LogP contribution is -2.05. The standard InChI is InChI=1S/C14H18O4.C4H8O2/c1-3-15-9-11-17-13-5-7-14(8-6-13)18-12-10-16-4-2;1-2-6-4-3-5/h3-8H,1-2,9-12H2;2,5H,1,3-4H2. The van der Waals surface area contributed by atoms with Crippen molar-refractivity contribution in [1.82, 2.24) is 0 Å². The van der Waals surface area contributed by atoms with Gasteiger partial charge >= 0.3 is 0 Å². The van der Waals surface area contributed by atoms with Crippen LogP contribution in [0, 0.1) is 0 Å². The summed E-state index contributed by atoms with van der Waals surface area (Å²) in [4.78, 5) is 0. The maximum atomic E-state index is 8.02. The quantitative estimate of drug-likeness (QED) is 0.441. The maximum Gasteiger partial charge on any atom is 0.122 e. The van der Waals surface area contributed by atoms with Gasteiger partial charge in [-0.05, 0) is 24.3 Å². The number of rotatable bonds is 13. The van der Waals surface area contributed by atoms with E-state index in [-0.39, 0.29) is 6.61 Å². The Morgan fingerprint density at radius 1 is 0.667 bits per heavy atom. The summed E-state index contributed by atoms with van der Waals surface area (Å²) < 4.78 is 25.3.